The van der Waals surface area contributed by atoms with Crippen LogP contribution in [-0.2, 0) is 0 Å². The number of hydrogen-bond acceptors (Lipinski definition) is 2. The van der Waals surface area contributed by atoms with Gasteiger partial charge in [0.05, 0.1) is 0 Å². The number of unbranched alkanes of at least 4 members (excludes halogenated alkanes) is 7. The van der Waals surface area contributed by atoms with E-state index in [2.05, 4.69) is 17.6 Å². The zero-order chi connectivity index (χ0) is 13.8. The molecule has 0 aliphatic carbocycles. The van der Waals surface area contributed by atoms with E-state index in [0.717, 1.165) is 32.7 Å². The summed E-state index contributed by atoms with van der Waals surface area (Å²) in [5.41, 5.74) is 0. The first-order valence-electron chi connectivity index (χ1n) is 8.08. The van der Waals surface area contributed by atoms with Gasteiger partial charge in [-0.3, -0.25) is 0 Å². The van der Waals surface area contributed by atoms with Crippen molar-refractivity contribution >= 4 is 6.03 Å². The highest BCUT2D eigenvalue weighted by Crippen LogP contribution is 2.07. The summed E-state index contributed by atoms with van der Waals surface area (Å²) in [7, 11) is 0. The van der Waals surface area contributed by atoms with Gasteiger partial charge in [0.1, 0.15) is 0 Å². The van der Waals surface area contributed by atoms with Crippen molar-refractivity contribution in [2.45, 2.75) is 58.3 Å². The molecule has 0 radical (unpaired) electrons. The van der Waals surface area contributed by atoms with Crippen molar-refractivity contribution in [3.05, 3.63) is 0 Å². The van der Waals surface area contributed by atoms with E-state index in [9.17, 15) is 4.79 Å². The fourth-order valence-corrected chi connectivity index (χ4v) is 2.45. The van der Waals surface area contributed by atoms with Crippen LogP contribution in [0.3, 0.4) is 0 Å². The van der Waals surface area contributed by atoms with Gasteiger partial charge in [0.15, 0.2) is 0 Å². The number of nitrogens with zero attached hydrogens (tertiary/aromatic N) is 1. The molecule has 1 fully saturated rings. The predicted molar refractivity (Wildman–Crippen MR) is 80.5 cm³/mol. The van der Waals surface area contributed by atoms with Crippen LogP contribution in [-0.4, -0.2) is 43.7 Å². The molecule has 0 aromatic heterocycles. The highest BCUT2D eigenvalue weighted by atomic mass is 16.2. The van der Waals surface area contributed by atoms with E-state index in [4.69, 9.17) is 0 Å². The average Bonchev–Trinajstić information content (AvgIpc) is 2.82. The Morgan fingerprint density at radius 3 is 2.37 bits per heavy atom. The Bertz CT molecular complexity index is 233. The minimum Gasteiger partial charge on any atom is -0.336 e. The summed E-state index contributed by atoms with van der Waals surface area (Å²) < 4.78 is 0. The van der Waals surface area contributed by atoms with Crippen LogP contribution in [0, 0.1) is 0 Å². The van der Waals surface area contributed by atoms with Gasteiger partial charge >= 0.3 is 6.03 Å². The second kappa shape index (κ2) is 11.1. The van der Waals surface area contributed by atoms with Crippen LogP contribution in [0.2, 0.25) is 0 Å². The fourth-order valence-electron chi connectivity index (χ4n) is 2.45. The molecule has 1 rings (SSSR count). The molecule has 1 heterocycles. The zero-order valence-electron chi connectivity index (χ0n) is 12.5. The molecule has 0 spiro atoms. The van der Waals surface area contributed by atoms with E-state index in [-0.39, 0.29) is 6.03 Å². The maximum atomic E-state index is 11.3. The third-order valence-electron chi connectivity index (χ3n) is 3.71. The number of hydrogen-bond donors (Lipinski definition) is 2. The minimum atomic E-state index is 0.0916. The zero-order valence-corrected chi connectivity index (χ0v) is 12.5. The lowest BCUT2D eigenvalue weighted by atomic mass is 10.1. The van der Waals surface area contributed by atoms with Gasteiger partial charge < -0.3 is 15.5 Å². The first-order valence-corrected chi connectivity index (χ1v) is 8.08. The van der Waals surface area contributed by atoms with E-state index in [0.29, 0.717) is 0 Å². The SMILES string of the molecule is CCCCCCCCCCNCCN1CCNC1=O. The van der Waals surface area contributed by atoms with Crippen LogP contribution < -0.4 is 10.6 Å². The second-order valence-corrected chi connectivity index (χ2v) is 5.44. The van der Waals surface area contributed by atoms with Crippen LogP contribution in [0.5, 0.6) is 0 Å². The van der Waals surface area contributed by atoms with Crippen molar-refractivity contribution in [3.63, 3.8) is 0 Å². The van der Waals surface area contributed by atoms with Gasteiger partial charge in [0.25, 0.3) is 0 Å². The lowest BCUT2D eigenvalue weighted by Gasteiger charge is -2.14. The number of amides is 2. The van der Waals surface area contributed by atoms with Gasteiger partial charge in [0, 0.05) is 26.2 Å². The molecule has 0 aromatic carbocycles. The number of nitrogens with one attached hydrogen (secondary N) is 2. The molecule has 1 saturated heterocycles. The van der Waals surface area contributed by atoms with Crippen LogP contribution in [0.4, 0.5) is 4.79 Å². The number of rotatable bonds is 12. The van der Waals surface area contributed by atoms with Gasteiger partial charge in [-0.1, -0.05) is 51.9 Å². The Labute approximate surface area is 118 Å². The Balaban J connectivity index is 1.75. The Hall–Kier alpha value is -0.770. The summed E-state index contributed by atoms with van der Waals surface area (Å²) in [5, 5.41) is 6.24. The summed E-state index contributed by atoms with van der Waals surface area (Å²) in [4.78, 5) is 13.2. The monoisotopic (exact) mass is 269 g/mol. The number of urea groups is 1. The number of carbonyl (C=O) groups excluding carboxylic acids is 1. The molecule has 0 atom stereocenters. The van der Waals surface area contributed by atoms with Crippen LogP contribution >= 0.6 is 0 Å². The fraction of sp³-hybridized carbons (Fsp3) is 0.933. The van der Waals surface area contributed by atoms with Gasteiger partial charge in [-0.05, 0) is 13.0 Å². The van der Waals surface area contributed by atoms with Crippen molar-refractivity contribution in [2.24, 2.45) is 0 Å². The molecule has 0 saturated carbocycles. The lowest BCUT2D eigenvalue weighted by molar-refractivity contribution is 0.217. The standard InChI is InChI=1S/C15H31N3O/c1-2-3-4-5-6-7-8-9-10-16-11-13-18-14-12-17-15(18)19/h16H,2-14H2,1H3,(H,17,19). The van der Waals surface area contributed by atoms with Crippen molar-refractivity contribution in [1.29, 1.82) is 0 Å². The average molecular weight is 269 g/mol. The number of carbonyl (C=O) groups is 1. The van der Waals surface area contributed by atoms with Gasteiger partial charge in [0.2, 0.25) is 0 Å². The van der Waals surface area contributed by atoms with E-state index >= 15 is 0 Å². The predicted octanol–water partition coefficient (Wildman–Crippen LogP) is 2.74. The Morgan fingerprint density at radius 1 is 1.05 bits per heavy atom. The van der Waals surface area contributed by atoms with Gasteiger partial charge in [-0.25, -0.2) is 4.79 Å². The van der Waals surface area contributed by atoms with Crippen molar-refractivity contribution in [2.75, 3.05) is 32.7 Å². The molecule has 0 aromatic rings. The second-order valence-electron chi connectivity index (χ2n) is 5.44. The highest BCUT2D eigenvalue weighted by molar-refractivity contribution is 5.76. The van der Waals surface area contributed by atoms with Crippen molar-refractivity contribution < 1.29 is 4.79 Å². The molecule has 4 heteroatoms. The highest BCUT2D eigenvalue weighted by Gasteiger charge is 2.17. The van der Waals surface area contributed by atoms with Crippen LogP contribution in [0.25, 0.3) is 0 Å². The van der Waals surface area contributed by atoms with Gasteiger partial charge in [-0.2, -0.15) is 0 Å². The molecular formula is C15H31N3O. The van der Waals surface area contributed by atoms with E-state index < -0.39 is 0 Å². The largest absolute Gasteiger partial charge is 0.336 e. The topological polar surface area (TPSA) is 44.4 Å². The Kier molecular flexibility index (Phi) is 9.51. The molecule has 112 valence electrons. The minimum absolute atomic E-state index is 0.0916. The molecule has 4 nitrogen and oxygen atoms in total. The molecular weight excluding hydrogens is 238 g/mol. The summed E-state index contributed by atoms with van der Waals surface area (Å²) in [6.45, 7) is 6.77. The van der Waals surface area contributed by atoms with Crippen LogP contribution in [0.1, 0.15) is 58.3 Å². The third kappa shape index (κ3) is 8.09. The smallest absolute Gasteiger partial charge is 0.317 e. The molecule has 2 N–H and O–H groups in total. The first kappa shape index (κ1) is 16.3. The molecule has 0 unspecified atom stereocenters. The molecule has 1 aliphatic rings. The third-order valence-corrected chi connectivity index (χ3v) is 3.71. The van der Waals surface area contributed by atoms with E-state index in [1.165, 1.54) is 51.4 Å². The van der Waals surface area contributed by atoms with Gasteiger partial charge in [-0.15, -0.1) is 0 Å². The van der Waals surface area contributed by atoms with Crippen LogP contribution in [0.15, 0.2) is 0 Å². The normalized spacial score (nSPS) is 15.0. The summed E-state index contributed by atoms with van der Waals surface area (Å²) >= 11 is 0. The quantitative estimate of drug-likeness (QED) is 0.535. The maximum Gasteiger partial charge on any atom is 0.317 e. The van der Waals surface area contributed by atoms with Crippen molar-refractivity contribution in [1.82, 2.24) is 15.5 Å². The maximum absolute atomic E-state index is 11.3. The molecule has 1 aliphatic heterocycles. The summed E-state index contributed by atoms with van der Waals surface area (Å²) in [5.74, 6) is 0. The molecule has 19 heavy (non-hydrogen) atoms. The van der Waals surface area contributed by atoms with Crippen molar-refractivity contribution in [3.8, 4) is 0 Å². The molecule has 2 amide bonds. The first-order chi connectivity index (χ1) is 9.34. The lowest BCUT2D eigenvalue weighted by Crippen LogP contribution is -2.34. The molecule has 0 bridgehead atoms. The summed E-state index contributed by atoms with van der Waals surface area (Å²) in [6.07, 6.45) is 10.9. The Morgan fingerprint density at radius 2 is 1.74 bits per heavy atom. The van der Waals surface area contributed by atoms with E-state index in [1.54, 1.807) is 0 Å². The summed E-state index contributed by atoms with van der Waals surface area (Å²) in [6, 6.07) is 0.0916. The van der Waals surface area contributed by atoms with E-state index in [1.807, 2.05) is 4.90 Å².